The second kappa shape index (κ2) is 12.2. The summed E-state index contributed by atoms with van der Waals surface area (Å²) in [4.78, 5) is 44.1. The molecule has 0 spiro atoms. The van der Waals surface area contributed by atoms with Gasteiger partial charge in [-0.15, -0.1) is 0 Å². The third kappa shape index (κ3) is 6.88. The number of imidazole rings is 2. The molecule has 0 aliphatic heterocycles. The molecule has 45 heavy (non-hydrogen) atoms. The number of fused-ring (bicyclic) bond motifs is 2. The molecule has 4 amide bonds. The van der Waals surface area contributed by atoms with Gasteiger partial charge in [-0.2, -0.15) is 0 Å². The molecule has 0 bridgehead atoms. The summed E-state index contributed by atoms with van der Waals surface area (Å²) in [5, 5.41) is 11.0. The van der Waals surface area contributed by atoms with Crippen LogP contribution in [0.15, 0.2) is 84.9 Å². The number of ether oxygens (including phenoxy) is 1. The number of anilines is 6. The van der Waals surface area contributed by atoms with Crippen molar-refractivity contribution in [1.82, 2.24) is 19.9 Å². The van der Waals surface area contributed by atoms with Gasteiger partial charge in [-0.05, 0) is 72.8 Å². The summed E-state index contributed by atoms with van der Waals surface area (Å²) in [5.74, 6) is 1.71. The maximum Gasteiger partial charge on any atom is 0.326 e. The van der Waals surface area contributed by atoms with E-state index in [-0.39, 0.29) is 0 Å². The van der Waals surface area contributed by atoms with E-state index in [0.717, 1.165) is 22.4 Å². The summed E-state index contributed by atoms with van der Waals surface area (Å²) in [7, 11) is 7.82. The van der Waals surface area contributed by atoms with Crippen LogP contribution in [0.3, 0.4) is 0 Å². The number of aromatic nitrogens is 4. The van der Waals surface area contributed by atoms with Crippen molar-refractivity contribution in [3.05, 3.63) is 84.9 Å². The predicted molar refractivity (Wildman–Crippen MR) is 179 cm³/mol. The molecule has 2 aromatic heterocycles. The van der Waals surface area contributed by atoms with Gasteiger partial charge >= 0.3 is 12.1 Å². The lowest BCUT2D eigenvalue weighted by molar-refractivity contribution is 0.261. The van der Waals surface area contributed by atoms with Gasteiger partial charge < -0.3 is 35.1 Å². The lowest BCUT2D eigenvalue weighted by Crippen LogP contribution is -2.20. The molecule has 0 aliphatic carbocycles. The molecular weight excluding hydrogens is 572 g/mol. The molecule has 0 atom stereocenters. The number of urea groups is 2. The van der Waals surface area contributed by atoms with E-state index in [0.29, 0.717) is 45.8 Å². The quantitative estimate of drug-likeness (QED) is 0.114. The summed E-state index contributed by atoms with van der Waals surface area (Å²) in [5.41, 5.74) is 6.10. The number of hydrogen-bond donors (Lipinski definition) is 6. The van der Waals surface area contributed by atoms with E-state index in [1.54, 1.807) is 24.3 Å². The van der Waals surface area contributed by atoms with Crippen LogP contribution in [-0.2, 0) is 0 Å². The summed E-state index contributed by atoms with van der Waals surface area (Å²) < 4.78 is 6.07. The van der Waals surface area contributed by atoms with Gasteiger partial charge in [0.2, 0.25) is 11.9 Å². The van der Waals surface area contributed by atoms with Crippen LogP contribution in [0.1, 0.15) is 0 Å². The first-order chi connectivity index (χ1) is 21.7. The highest BCUT2D eigenvalue weighted by atomic mass is 16.5. The number of benzene rings is 4. The molecule has 0 aliphatic rings. The van der Waals surface area contributed by atoms with E-state index in [1.165, 1.54) is 0 Å². The van der Waals surface area contributed by atoms with Crippen LogP contribution in [0.4, 0.5) is 44.2 Å². The average molecular weight is 605 g/mol. The van der Waals surface area contributed by atoms with Gasteiger partial charge in [0.25, 0.3) is 0 Å². The topological polar surface area (TPSA) is 155 Å². The van der Waals surface area contributed by atoms with Crippen LogP contribution < -0.4 is 35.8 Å². The molecule has 0 saturated heterocycles. The van der Waals surface area contributed by atoms with E-state index in [1.807, 2.05) is 98.7 Å². The Morgan fingerprint density at radius 3 is 1.36 bits per heavy atom. The zero-order valence-electron chi connectivity index (χ0n) is 25.1. The lowest BCUT2D eigenvalue weighted by atomic mass is 10.2. The SMILES string of the molecule is CN(C)c1ccc(NC(=O)Nc2nc3cc(Oc4ccc5[nH]c(NC(=O)Nc6ccc(N(C)C)cc6)nc5c4)ccc3[nH]2)cc1. The zero-order valence-corrected chi connectivity index (χ0v) is 25.1. The van der Waals surface area contributed by atoms with Crippen molar-refractivity contribution in [3.63, 3.8) is 0 Å². The molecule has 2 heterocycles. The normalized spacial score (nSPS) is 10.8. The van der Waals surface area contributed by atoms with E-state index in [9.17, 15) is 9.59 Å². The minimum absolute atomic E-state index is 0.303. The third-order valence-electron chi connectivity index (χ3n) is 6.89. The number of H-pyrrole nitrogens is 2. The molecule has 0 fully saturated rings. The fourth-order valence-electron chi connectivity index (χ4n) is 4.58. The zero-order chi connectivity index (χ0) is 31.5. The van der Waals surface area contributed by atoms with Crippen molar-refractivity contribution < 1.29 is 14.3 Å². The number of nitrogens with zero attached hydrogens (tertiary/aromatic N) is 4. The Morgan fingerprint density at radius 2 is 0.978 bits per heavy atom. The second-order valence-corrected chi connectivity index (χ2v) is 10.7. The smallest absolute Gasteiger partial charge is 0.326 e. The van der Waals surface area contributed by atoms with Gasteiger partial charge in [-0.25, -0.2) is 19.6 Å². The molecule has 6 rings (SSSR count). The average Bonchev–Trinajstić information content (AvgIpc) is 3.59. The molecule has 6 N–H and O–H groups in total. The van der Waals surface area contributed by atoms with Crippen molar-refractivity contribution in [2.45, 2.75) is 0 Å². The Bertz CT molecular complexity index is 1840. The Kier molecular flexibility index (Phi) is 7.80. The fraction of sp³-hybridized carbons (Fsp3) is 0.125. The predicted octanol–water partition coefficient (Wildman–Crippen LogP) is 6.65. The number of carbonyl (C=O) groups is 2. The van der Waals surface area contributed by atoms with E-state index >= 15 is 0 Å². The maximum absolute atomic E-state index is 12.5. The van der Waals surface area contributed by atoms with Crippen LogP contribution >= 0.6 is 0 Å². The van der Waals surface area contributed by atoms with Crippen molar-refractivity contribution in [2.75, 3.05) is 59.3 Å². The first kappa shape index (κ1) is 28.9. The largest absolute Gasteiger partial charge is 0.457 e. The van der Waals surface area contributed by atoms with E-state index in [2.05, 4.69) is 41.2 Å². The highest BCUT2D eigenvalue weighted by Gasteiger charge is 2.11. The minimum atomic E-state index is -0.416. The number of carbonyl (C=O) groups excluding carboxylic acids is 2. The number of aromatic amines is 2. The molecule has 0 radical (unpaired) electrons. The monoisotopic (exact) mass is 604 g/mol. The number of nitrogens with one attached hydrogen (secondary N) is 6. The van der Waals surface area contributed by atoms with Gasteiger partial charge in [-0.1, -0.05) is 0 Å². The Morgan fingerprint density at radius 1 is 0.578 bits per heavy atom. The Hall–Kier alpha value is -6.24. The molecule has 228 valence electrons. The van der Waals surface area contributed by atoms with Gasteiger partial charge in [0.1, 0.15) is 11.5 Å². The van der Waals surface area contributed by atoms with Gasteiger partial charge in [-0.3, -0.25) is 10.6 Å². The van der Waals surface area contributed by atoms with E-state index in [4.69, 9.17) is 4.74 Å². The molecule has 6 aromatic rings. The highest BCUT2D eigenvalue weighted by molar-refractivity contribution is 6.00. The molecular formula is C32H32N10O3. The highest BCUT2D eigenvalue weighted by Crippen LogP contribution is 2.28. The summed E-state index contributed by atoms with van der Waals surface area (Å²) in [6, 6.07) is 25.0. The lowest BCUT2D eigenvalue weighted by Gasteiger charge is -2.13. The van der Waals surface area contributed by atoms with Crippen LogP contribution in [0, 0.1) is 0 Å². The summed E-state index contributed by atoms with van der Waals surface area (Å²) >= 11 is 0. The summed E-state index contributed by atoms with van der Waals surface area (Å²) in [6.45, 7) is 0. The molecule has 4 aromatic carbocycles. The van der Waals surface area contributed by atoms with Gasteiger partial charge in [0.05, 0.1) is 22.1 Å². The first-order valence-electron chi connectivity index (χ1n) is 14.1. The van der Waals surface area contributed by atoms with Crippen LogP contribution in [0.5, 0.6) is 11.5 Å². The fourth-order valence-corrected chi connectivity index (χ4v) is 4.58. The first-order valence-corrected chi connectivity index (χ1v) is 14.1. The Labute approximate surface area is 258 Å². The van der Waals surface area contributed by atoms with Crippen molar-refractivity contribution in [3.8, 4) is 11.5 Å². The third-order valence-corrected chi connectivity index (χ3v) is 6.89. The van der Waals surface area contributed by atoms with Gasteiger partial charge in [0.15, 0.2) is 0 Å². The molecule has 13 nitrogen and oxygen atoms in total. The van der Waals surface area contributed by atoms with E-state index < -0.39 is 12.1 Å². The van der Waals surface area contributed by atoms with Crippen LogP contribution in [0.25, 0.3) is 22.1 Å². The van der Waals surface area contributed by atoms with Crippen molar-refractivity contribution in [2.24, 2.45) is 0 Å². The molecule has 0 unspecified atom stereocenters. The molecule has 13 heteroatoms. The number of hydrogen-bond acceptors (Lipinski definition) is 7. The van der Waals surface area contributed by atoms with Gasteiger partial charge in [0, 0.05) is 63.1 Å². The maximum atomic E-state index is 12.5. The minimum Gasteiger partial charge on any atom is -0.457 e. The Balaban J connectivity index is 1.07. The summed E-state index contributed by atoms with van der Waals surface area (Å²) in [6.07, 6.45) is 0. The number of rotatable bonds is 8. The van der Waals surface area contributed by atoms with Crippen LogP contribution in [0.2, 0.25) is 0 Å². The van der Waals surface area contributed by atoms with Crippen LogP contribution in [-0.4, -0.2) is 60.2 Å². The molecule has 0 saturated carbocycles. The van der Waals surface area contributed by atoms with Crippen molar-refractivity contribution in [1.29, 1.82) is 0 Å². The standard InChI is InChI=1S/C32H32N10O3/c1-41(2)21-9-5-19(6-10-21)33-31(43)39-29-35-25-15-13-23(17-27(25)37-29)45-24-14-16-26-28(18-24)38-30(36-26)40-32(44)34-20-7-11-22(12-8-20)42(3)4/h5-18H,1-4H3,(H3,33,35,37,39,43)(H3,34,36,38,40,44). The number of amides is 4. The second-order valence-electron chi connectivity index (χ2n) is 10.7. The van der Waals surface area contributed by atoms with Crippen molar-refractivity contribution >= 4 is 68.8 Å².